The van der Waals surface area contributed by atoms with E-state index in [1.165, 1.54) is 0 Å². The minimum atomic E-state index is 0.0477. The summed E-state index contributed by atoms with van der Waals surface area (Å²) in [6.07, 6.45) is 0.943. The van der Waals surface area contributed by atoms with Crippen LogP contribution in [0.2, 0.25) is 0 Å². The molecule has 0 saturated carbocycles. The van der Waals surface area contributed by atoms with Gasteiger partial charge in [-0.05, 0) is 25.5 Å². The Balaban J connectivity index is 1.84. The van der Waals surface area contributed by atoms with E-state index < -0.39 is 0 Å². The fraction of sp³-hybridized carbons (Fsp3) is 0.312. The lowest BCUT2D eigenvalue weighted by molar-refractivity contribution is 0.0450. The molecular weight excluding hydrogens is 264 g/mol. The number of hydrogen-bond donors (Lipinski definition) is 1. The van der Waals surface area contributed by atoms with Gasteiger partial charge in [0.2, 0.25) is 0 Å². The summed E-state index contributed by atoms with van der Waals surface area (Å²) in [4.78, 5) is 23.2. The lowest BCUT2D eigenvalue weighted by atomic mass is 9.97. The van der Waals surface area contributed by atoms with Gasteiger partial charge in [-0.15, -0.1) is 0 Å². The van der Waals surface area contributed by atoms with Gasteiger partial charge < -0.3 is 10.2 Å². The van der Waals surface area contributed by atoms with Crippen LogP contribution in [-0.2, 0) is 0 Å². The van der Waals surface area contributed by atoms with Crippen LogP contribution in [0.25, 0.3) is 0 Å². The number of nitrogens with one attached hydrogen (secondary N) is 1. The molecule has 2 heterocycles. The van der Waals surface area contributed by atoms with Crippen LogP contribution in [-0.4, -0.2) is 34.4 Å². The summed E-state index contributed by atoms with van der Waals surface area (Å²) in [5.74, 6) is 1.57. The molecule has 1 aromatic carbocycles. The molecule has 0 aliphatic carbocycles. The Morgan fingerprint density at radius 2 is 2.05 bits per heavy atom. The van der Waals surface area contributed by atoms with E-state index >= 15 is 0 Å². The second kappa shape index (κ2) is 5.52. The van der Waals surface area contributed by atoms with Gasteiger partial charge in [-0.25, -0.2) is 9.97 Å². The second-order valence-electron chi connectivity index (χ2n) is 5.14. The van der Waals surface area contributed by atoms with Crippen LogP contribution in [0.5, 0.6) is 0 Å². The molecule has 2 aromatic rings. The van der Waals surface area contributed by atoms with Crippen molar-refractivity contribution in [1.29, 1.82) is 0 Å². The van der Waals surface area contributed by atoms with Crippen molar-refractivity contribution in [3.05, 3.63) is 53.5 Å². The number of likely N-dealkylation sites (tertiary alicyclic amines) is 1. The van der Waals surface area contributed by atoms with E-state index in [4.69, 9.17) is 0 Å². The Bertz CT molecular complexity index is 657. The molecular formula is C16H18N4O. The van der Waals surface area contributed by atoms with Crippen molar-refractivity contribution in [2.45, 2.75) is 19.4 Å². The highest BCUT2D eigenvalue weighted by atomic mass is 16.2. The number of amides is 1. The third-order valence-corrected chi connectivity index (χ3v) is 3.76. The lowest BCUT2D eigenvalue weighted by Gasteiger charge is -2.40. The summed E-state index contributed by atoms with van der Waals surface area (Å²) in [6, 6.07) is 11.3. The number of benzene rings is 1. The summed E-state index contributed by atoms with van der Waals surface area (Å²) in [6.45, 7) is 2.64. The number of rotatable bonds is 3. The predicted octanol–water partition coefficient (Wildman–Crippen LogP) is 2.41. The number of hydrogen-bond acceptors (Lipinski definition) is 4. The first kappa shape index (κ1) is 13.5. The zero-order chi connectivity index (χ0) is 14.8. The fourth-order valence-corrected chi connectivity index (χ4v) is 2.57. The van der Waals surface area contributed by atoms with Crippen LogP contribution in [0.4, 0.5) is 5.82 Å². The first-order chi connectivity index (χ1) is 10.2. The lowest BCUT2D eigenvalue weighted by Crippen LogP contribution is -2.45. The minimum absolute atomic E-state index is 0.0477. The smallest absolute Gasteiger partial charge is 0.254 e. The maximum Gasteiger partial charge on any atom is 0.254 e. The Morgan fingerprint density at radius 1 is 1.29 bits per heavy atom. The third-order valence-electron chi connectivity index (χ3n) is 3.76. The van der Waals surface area contributed by atoms with Crippen LogP contribution in [0.1, 0.15) is 34.3 Å². The average Bonchev–Trinajstić information content (AvgIpc) is 2.46. The molecule has 3 rings (SSSR count). The molecule has 0 spiro atoms. The van der Waals surface area contributed by atoms with Crippen molar-refractivity contribution in [2.75, 3.05) is 18.9 Å². The first-order valence-corrected chi connectivity index (χ1v) is 7.08. The summed E-state index contributed by atoms with van der Waals surface area (Å²) in [7, 11) is 1.83. The maximum atomic E-state index is 12.5. The Kier molecular flexibility index (Phi) is 3.56. The van der Waals surface area contributed by atoms with E-state index in [0.29, 0.717) is 0 Å². The standard InChI is InChI=1S/C16H18N4O/c1-11-18-13(10-15(17-2)19-11)14-8-9-20(14)16(21)12-6-4-3-5-7-12/h3-7,10,14H,8-9H2,1-2H3,(H,17,18,19)/t14-/m1/s1. The topological polar surface area (TPSA) is 58.1 Å². The number of carbonyl (C=O) groups excluding carboxylic acids is 1. The van der Waals surface area contributed by atoms with Crippen molar-refractivity contribution in [3.63, 3.8) is 0 Å². The maximum absolute atomic E-state index is 12.5. The van der Waals surface area contributed by atoms with Gasteiger partial charge >= 0.3 is 0 Å². The van der Waals surface area contributed by atoms with Crippen molar-refractivity contribution in [2.24, 2.45) is 0 Å². The van der Waals surface area contributed by atoms with Crippen LogP contribution in [0, 0.1) is 6.92 Å². The SMILES string of the molecule is CNc1cc([C@H]2CCN2C(=O)c2ccccc2)nc(C)n1. The van der Waals surface area contributed by atoms with E-state index in [9.17, 15) is 4.79 Å². The van der Waals surface area contributed by atoms with Gasteiger partial charge in [0.15, 0.2) is 0 Å². The number of aryl methyl sites for hydroxylation is 1. The molecule has 21 heavy (non-hydrogen) atoms. The zero-order valence-electron chi connectivity index (χ0n) is 12.2. The van der Waals surface area contributed by atoms with Crippen LogP contribution in [0.15, 0.2) is 36.4 Å². The van der Waals surface area contributed by atoms with Crippen LogP contribution < -0.4 is 5.32 Å². The largest absolute Gasteiger partial charge is 0.373 e. The summed E-state index contributed by atoms with van der Waals surface area (Å²) in [5, 5.41) is 3.03. The van der Waals surface area contributed by atoms with Gasteiger partial charge in [0.25, 0.3) is 5.91 Å². The van der Waals surface area contributed by atoms with E-state index in [1.807, 2.05) is 55.3 Å². The molecule has 5 heteroatoms. The molecule has 1 N–H and O–H groups in total. The van der Waals surface area contributed by atoms with Crippen molar-refractivity contribution < 1.29 is 4.79 Å². The Morgan fingerprint density at radius 3 is 2.67 bits per heavy atom. The molecule has 108 valence electrons. The van der Waals surface area contributed by atoms with Crippen molar-refractivity contribution in [1.82, 2.24) is 14.9 Å². The van der Waals surface area contributed by atoms with E-state index in [0.717, 1.165) is 35.9 Å². The summed E-state index contributed by atoms with van der Waals surface area (Å²) >= 11 is 0. The predicted molar refractivity (Wildman–Crippen MR) is 81.2 cm³/mol. The van der Waals surface area contributed by atoms with Gasteiger partial charge in [-0.2, -0.15) is 0 Å². The second-order valence-corrected chi connectivity index (χ2v) is 5.14. The Labute approximate surface area is 124 Å². The highest BCUT2D eigenvalue weighted by Gasteiger charge is 2.35. The minimum Gasteiger partial charge on any atom is -0.373 e. The quantitative estimate of drug-likeness (QED) is 0.939. The number of aromatic nitrogens is 2. The highest BCUT2D eigenvalue weighted by Crippen LogP contribution is 2.34. The Hall–Kier alpha value is -2.43. The molecule has 0 unspecified atom stereocenters. The molecule has 1 atom stereocenters. The molecule has 1 amide bonds. The first-order valence-electron chi connectivity index (χ1n) is 7.08. The fourth-order valence-electron chi connectivity index (χ4n) is 2.57. The molecule has 5 nitrogen and oxygen atoms in total. The number of anilines is 1. The summed E-state index contributed by atoms with van der Waals surface area (Å²) < 4.78 is 0. The zero-order valence-corrected chi connectivity index (χ0v) is 12.2. The van der Waals surface area contributed by atoms with Gasteiger partial charge in [0.1, 0.15) is 11.6 Å². The van der Waals surface area contributed by atoms with Crippen LogP contribution >= 0.6 is 0 Å². The molecule has 0 bridgehead atoms. The van der Waals surface area contributed by atoms with Gasteiger partial charge in [-0.1, -0.05) is 18.2 Å². The molecule has 1 fully saturated rings. The summed E-state index contributed by atoms with van der Waals surface area (Å²) in [5.41, 5.74) is 1.63. The van der Waals surface area contributed by atoms with E-state index in [2.05, 4.69) is 15.3 Å². The number of carbonyl (C=O) groups is 1. The average molecular weight is 282 g/mol. The third kappa shape index (κ3) is 2.59. The molecule has 0 radical (unpaired) electrons. The van der Waals surface area contributed by atoms with Gasteiger partial charge in [0, 0.05) is 25.2 Å². The van der Waals surface area contributed by atoms with Gasteiger partial charge in [-0.3, -0.25) is 4.79 Å². The molecule has 1 saturated heterocycles. The van der Waals surface area contributed by atoms with Crippen molar-refractivity contribution >= 4 is 11.7 Å². The van der Waals surface area contributed by atoms with E-state index in [1.54, 1.807) is 0 Å². The van der Waals surface area contributed by atoms with E-state index in [-0.39, 0.29) is 11.9 Å². The van der Waals surface area contributed by atoms with Crippen molar-refractivity contribution in [3.8, 4) is 0 Å². The highest BCUT2D eigenvalue weighted by molar-refractivity contribution is 5.94. The van der Waals surface area contributed by atoms with Gasteiger partial charge in [0.05, 0.1) is 11.7 Å². The molecule has 1 aliphatic rings. The number of nitrogens with zero attached hydrogens (tertiary/aromatic N) is 3. The molecule has 1 aromatic heterocycles. The molecule has 1 aliphatic heterocycles. The van der Waals surface area contributed by atoms with Crippen LogP contribution in [0.3, 0.4) is 0 Å². The monoisotopic (exact) mass is 282 g/mol. The normalized spacial score (nSPS) is 17.2.